The number of nitrogens with zero attached hydrogens (tertiary/aromatic N) is 2. The van der Waals surface area contributed by atoms with Crippen molar-refractivity contribution >= 4 is 22.9 Å². The van der Waals surface area contributed by atoms with Crippen LogP contribution < -0.4 is 9.47 Å². The van der Waals surface area contributed by atoms with E-state index in [4.69, 9.17) is 28.2 Å². The van der Waals surface area contributed by atoms with Crippen molar-refractivity contribution in [3.8, 4) is 11.6 Å². The molecule has 5 rings (SSSR count). The van der Waals surface area contributed by atoms with Crippen molar-refractivity contribution in [1.29, 1.82) is 0 Å². The summed E-state index contributed by atoms with van der Waals surface area (Å²) in [5, 5.41) is 5.00. The lowest BCUT2D eigenvalue weighted by Gasteiger charge is -2.41. The number of carbonyl (C=O) groups is 2. The average Bonchev–Trinajstić information content (AvgIpc) is 3.40. The first-order valence-corrected chi connectivity index (χ1v) is 14.7. The molecule has 0 N–H and O–H groups in total. The second-order valence-corrected chi connectivity index (χ2v) is 11.6. The van der Waals surface area contributed by atoms with Gasteiger partial charge in [-0.15, -0.1) is 0 Å². The third-order valence-electron chi connectivity index (χ3n) is 8.80. The standard InChI is InChI=1S/C30H42N2O8/c1-21(33)37-18-22-6-8-24(9-7-22)39-25-4-3-5-26-27(25)28(31-40-26)38-19-23-10-14-32(15-11-23)20-30(29(34)35-2)12-16-36-17-13-30/h3-5,22-24H,6-20H2,1-2H3/t22-,24+. The van der Waals surface area contributed by atoms with E-state index in [1.165, 1.54) is 14.0 Å². The van der Waals surface area contributed by atoms with Gasteiger partial charge < -0.3 is 33.1 Å². The highest BCUT2D eigenvalue weighted by atomic mass is 16.5. The zero-order chi connectivity index (χ0) is 28.0. The van der Waals surface area contributed by atoms with Gasteiger partial charge in [-0.1, -0.05) is 6.07 Å². The van der Waals surface area contributed by atoms with Crippen LogP contribution in [0.25, 0.3) is 11.0 Å². The van der Waals surface area contributed by atoms with Gasteiger partial charge in [-0.3, -0.25) is 9.59 Å². The van der Waals surface area contributed by atoms with Crippen molar-refractivity contribution < 1.29 is 37.8 Å². The summed E-state index contributed by atoms with van der Waals surface area (Å²) < 4.78 is 34.1. The molecule has 0 spiro atoms. The number of rotatable bonds is 10. The first kappa shape index (κ1) is 28.7. The van der Waals surface area contributed by atoms with Crippen molar-refractivity contribution in [2.24, 2.45) is 17.3 Å². The molecule has 0 radical (unpaired) electrons. The largest absolute Gasteiger partial charge is 0.489 e. The van der Waals surface area contributed by atoms with Crippen molar-refractivity contribution in [2.75, 3.05) is 53.2 Å². The number of piperidine rings is 1. The van der Waals surface area contributed by atoms with E-state index in [9.17, 15) is 9.59 Å². The molecule has 2 saturated heterocycles. The summed E-state index contributed by atoms with van der Waals surface area (Å²) in [6, 6.07) is 5.74. The van der Waals surface area contributed by atoms with Crippen LogP contribution in [0.5, 0.6) is 11.6 Å². The molecule has 3 fully saturated rings. The molecular weight excluding hydrogens is 516 g/mol. The number of likely N-dealkylation sites (tertiary alicyclic amines) is 1. The lowest BCUT2D eigenvalue weighted by Crippen LogP contribution is -2.49. The SMILES string of the molecule is COC(=O)C1(CN2CCC(COc3noc4cccc(O[C@H]5CC[C@@H](COC(C)=O)CC5)c34)CC2)CCOCC1. The van der Waals surface area contributed by atoms with Crippen molar-refractivity contribution in [2.45, 2.75) is 64.4 Å². The number of esters is 2. The number of benzene rings is 1. The van der Waals surface area contributed by atoms with Gasteiger partial charge in [0.15, 0.2) is 5.58 Å². The molecule has 3 heterocycles. The van der Waals surface area contributed by atoms with Crippen LogP contribution in [0.3, 0.4) is 0 Å². The molecule has 0 bridgehead atoms. The number of hydrogen-bond donors (Lipinski definition) is 0. The quantitative estimate of drug-likeness (QED) is 0.390. The fraction of sp³-hybridized carbons (Fsp3) is 0.700. The number of hydrogen-bond acceptors (Lipinski definition) is 10. The van der Waals surface area contributed by atoms with E-state index in [1.807, 2.05) is 18.2 Å². The van der Waals surface area contributed by atoms with E-state index in [0.29, 0.717) is 62.6 Å². The highest BCUT2D eigenvalue weighted by Gasteiger charge is 2.43. The molecule has 0 amide bonds. The molecule has 3 aliphatic rings. The molecular formula is C30H42N2O8. The minimum atomic E-state index is -0.464. The highest BCUT2D eigenvalue weighted by Crippen LogP contribution is 2.38. The van der Waals surface area contributed by atoms with Gasteiger partial charge in [-0.05, 0) is 93.6 Å². The second-order valence-electron chi connectivity index (χ2n) is 11.6. The number of fused-ring (bicyclic) bond motifs is 1. The molecule has 220 valence electrons. The smallest absolute Gasteiger partial charge is 0.313 e. The Kier molecular flexibility index (Phi) is 9.47. The van der Waals surface area contributed by atoms with Gasteiger partial charge in [0, 0.05) is 26.7 Å². The summed E-state index contributed by atoms with van der Waals surface area (Å²) in [6.07, 6.45) is 7.24. The summed E-state index contributed by atoms with van der Waals surface area (Å²) in [6.45, 7) is 6.26. The predicted molar refractivity (Wildman–Crippen MR) is 146 cm³/mol. The molecule has 1 saturated carbocycles. The van der Waals surface area contributed by atoms with Gasteiger partial charge in [-0.25, -0.2) is 0 Å². The van der Waals surface area contributed by atoms with E-state index in [-0.39, 0.29) is 18.0 Å². The van der Waals surface area contributed by atoms with Gasteiger partial charge in [0.25, 0.3) is 5.88 Å². The highest BCUT2D eigenvalue weighted by molar-refractivity contribution is 5.88. The average molecular weight is 559 g/mol. The van der Waals surface area contributed by atoms with E-state index in [1.54, 1.807) is 0 Å². The van der Waals surface area contributed by atoms with Crippen molar-refractivity contribution in [3.05, 3.63) is 18.2 Å². The van der Waals surface area contributed by atoms with E-state index in [2.05, 4.69) is 10.1 Å². The Morgan fingerprint density at radius 1 is 1.02 bits per heavy atom. The topological polar surface area (TPSA) is 110 Å². The van der Waals surface area contributed by atoms with Crippen LogP contribution in [-0.2, 0) is 23.8 Å². The Bertz CT molecular complexity index is 1130. The monoisotopic (exact) mass is 558 g/mol. The molecule has 2 aromatic rings. The Morgan fingerprint density at radius 2 is 1.75 bits per heavy atom. The Balaban J connectivity index is 1.13. The van der Waals surface area contributed by atoms with E-state index in [0.717, 1.165) is 69.3 Å². The first-order chi connectivity index (χ1) is 19.5. The third kappa shape index (κ3) is 6.89. The fourth-order valence-electron chi connectivity index (χ4n) is 6.30. The number of aromatic nitrogens is 1. The van der Waals surface area contributed by atoms with Crippen LogP contribution in [0.1, 0.15) is 58.3 Å². The Hall–Kier alpha value is -2.85. The molecule has 1 aromatic heterocycles. The molecule has 40 heavy (non-hydrogen) atoms. The van der Waals surface area contributed by atoms with Crippen LogP contribution in [0.4, 0.5) is 0 Å². The maximum absolute atomic E-state index is 12.6. The fourth-order valence-corrected chi connectivity index (χ4v) is 6.30. The summed E-state index contributed by atoms with van der Waals surface area (Å²) in [5.41, 5.74) is 0.184. The minimum Gasteiger partial charge on any atom is -0.489 e. The Labute approximate surface area is 235 Å². The number of methoxy groups -OCH3 is 1. The molecule has 10 nitrogen and oxygen atoms in total. The van der Waals surface area contributed by atoms with Crippen molar-refractivity contribution in [3.63, 3.8) is 0 Å². The number of carbonyl (C=O) groups excluding carboxylic acids is 2. The van der Waals surface area contributed by atoms with Crippen LogP contribution in [0, 0.1) is 17.3 Å². The van der Waals surface area contributed by atoms with Crippen LogP contribution in [0.15, 0.2) is 22.7 Å². The maximum atomic E-state index is 12.6. The molecule has 2 aliphatic heterocycles. The van der Waals surface area contributed by atoms with Crippen LogP contribution >= 0.6 is 0 Å². The summed E-state index contributed by atoms with van der Waals surface area (Å²) >= 11 is 0. The van der Waals surface area contributed by atoms with Gasteiger partial charge in [-0.2, -0.15) is 0 Å². The van der Waals surface area contributed by atoms with Gasteiger partial charge >= 0.3 is 11.9 Å². The molecule has 1 aliphatic carbocycles. The lowest BCUT2D eigenvalue weighted by molar-refractivity contribution is -0.160. The normalized spacial score (nSPS) is 23.9. The summed E-state index contributed by atoms with van der Waals surface area (Å²) in [4.78, 5) is 26.1. The number of ether oxygens (including phenoxy) is 5. The molecule has 0 atom stereocenters. The van der Waals surface area contributed by atoms with Gasteiger partial charge in [0.05, 0.1) is 31.8 Å². The van der Waals surface area contributed by atoms with Crippen LogP contribution in [0.2, 0.25) is 0 Å². The van der Waals surface area contributed by atoms with Crippen molar-refractivity contribution in [1.82, 2.24) is 10.1 Å². The molecule has 1 aromatic carbocycles. The minimum absolute atomic E-state index is 0.0928. The third-order valence-corrected chi connectivity index (χ3v) is 8.80. The summed E-state index contributed by atoms with van der Waals surface area (Å²) in [7, 11) is 1.48. The van der Waals surface area contributed by atoms with Gasteiger partial charge in [0.1, 0.15) is 11.1 Å². The van der Waals surface area contributed by atoms with E-state index >= 15 is 0 Å². The van der Waals surface area contributed by atoms with Gasteiger partial charge in [0.2, 0.25) is 0 Å². The first-order valence-electron chi connectivity index (χ1n) is 14.7. The molecule has 10 heteroatoms. The second kappa shape index (κ2) is 13.2. The zero-order valence-corrected chi connectivity index (χ0v) is 23.7. The van der Waals surface area contributed by atoms with E-state index < -0.39 is 5.41 Å². The maximum Gasteiger partial charge on any atom is 0.313 e. The Morgan fingerprint density at radius 3 is 2.45 bits per heavy atom. The lowest BCUT2D eigenvalue weighted by atomic mass is 9.79. The predicted octanol–water partition coefficient (Wildman–Crippen LogP) is 4.39. The molecule has 0 unspecified atom stereocenters. The zero-order valence-electron chi connectivity index (χ0n) is 23.7. The summed E-state index contributed by atoms with van der Waals surface area (Å²) in [5.74, 6) is 1.65. The van der Waals surface area contributed by atoms with Crippen LogP contribution in [-0.4, -0.2) is 81.3 Å².